The maximum absolute atomic E-state index is 12.1. The van der Waals surface area contributed by atoms with Crippen LogP contribution in [-0.4, -0.2) is 44.8 Å². The maximum atomic E-state index is 12.1. The fourth-order valence-corrected chi connectivity index (χ4v) is 3.37. The average molecular weight is 325 g/mol. The summed E-state index contributed by atoms with van der Waals surface area (Å²) in [7, 11) is -3.62. The van der Waals surface area contributed by atoms with Crippen molar-refractivity contribution < 1.29 is 18.0 Å². The minimum Gasteiger partial charge on any atom is -0.366 e. The molecular weight excluding hydrogens is 306 g/mol. The summed E-state index contributed by atoms with van der Waals surface area (Å²) in [6.07, 6.45) is 2.01. The Morgan fingerprint density at radius 2 is 1.95 bits per heavy atom. The molecule has 0 saturated carbocycles. The van der Waals surface area contributed by atoms with Crippen molar-refractivity contribution in [2.45, 2.75) is 24.2 Å². The van der Waals surface area contributed by atoms with Gasteiger partial charge in [-0.15, -0.1) is 0 Å². The molecule has 2 amide bonds. The van der Waals surface area contributed by atoms with Crippen molar-refractivity contribution in [3.05, 3.63) is 29.8 Å². The van der Waals surface area contributed by atoms with Crippen LogP contribution < -0.4 is 10.5 Å². The highest BCUT2D eigenvalue weighted by molar-refractivity contribution is 7.89. The second-order valence-electron chi connectivity index (χ2n) is 5.12. The number of hydrogen-bond acceptors (Lipinski definition) is 4. The van der Waals surface area contributed by atoms with E-state index in [9.17, 15) is 18.0 Å². The van der Waals surface area contributed by atoms with Crippen LogP contribution in [0, 0.1) is 0 Å². The van der Waals surface area contributed by atoms with E-state index in [2.05, 4.69) is 4.72 Å². The van der Waals surface area contributed by atoms with Crippen molar-refractivity contribution in [3.63, 3.8) is 0 Å². The van der Waals surface area contributed by atoms with E-state index < -0.39 is 15.9 Å². The first-order valence-electron chi connectivity index (χ1n) is 7.07. The normalized spacial score (nSPS) is 15.3. The molecule has 8 heteroatoms. The Morgan fingerprint density at radius 3 is 2.50 bits per heavy atom. The first kappa shape index (κ1) is 16.4. The molecule has 22 heavy (non-hydrogen) atoms. The van der Waals surface area contributed by atoms with Gasteiger partial charge < -0.3 is 10.6 Å². The lowest BCUT2D eigenvalue weighted by atomic mass is 10.2. The van der Waals surface area contributed by atoms with E-state index in [0.29, 0.717) is 19.4 Å². The zero-order chi connectivity index (χ0) is 16.2. The van der Waals surface area contributed by atoms with Gasteiger partial charge in [0.1, 0.15) is 0 Å². The molecule has 1 fully saturated rings. The molecule has 7 nitrogen and oxygen atoms in total. The summed E-state index contributed by atoms with van der Waals surface area (Å²) in [6.45, 7) is 1.56. The Morgan fingerprint density at radius 1 is 1.27 bits per heavy atom. The highest BCUT2D eigenvalue weighted by Gasteiger charge is 2.19. The SMILES string of the molecule is NC(=O)c1ccc(S(=O)(=O)NCCCN2CCCC2=O)cc1. The zero-order valence-corrected chi connectivity index (χ0v) is 12.9. The molecule has 0 aliphatic carbocycles. The molecule has 0 aromatic heterocycles. The third-order valence-electron chi connectivity index (χ3n) is 3.52. The molecule has 0 bridgehead atoms. The highest BCUT2D eigenvalue weighted by atomic mass is 32.2. The van der Waals surface area contributed by atoms with Crippen molar-refractivity contribution in [2.24, 2.45) is 5.73 Å². The molecular formula is C14H19N3O4S. The van der Waals surface area contributed by atoms with Gasteiger partial charge in [0.05, 0.1) is 4.90 Å². The smallest absolute Gasteiger partial charge is 0.248 e. The molecule has 2 rings (SSSR count). The van der Waals surface area contributed by atoms with Gasteiger partial charge in [-0.1, -0.05) is 0 Å². The van der Waals surface area contributed by atoms with Crippen molar-refractivity contribution in [1.29, 1.82) is 0 Å². The molecule has 1 aliphatic rings. The van der Waals surface area contributed by atoms with E-state index >= 15 is 0 Å². The quantitative estimate of drug-likeness (QED) is 0.692. The van der Waals surface area contributed by atoms with Crippen LogP contribution in [0.1, 0.15) is 29.6 Å². The fourth-order valence-electron chi connectivity index (χ4n) is 2.30. The van der Waals surface area contributed by atoms with Crippen LogP contribution in [0.2, 0.25) is 0 Å². The minimum atomic E-state index is -3.62. The topological polar surface area (TPSA) is 110 Å². The number of nitrogens with zero attached hydrogens (tertiary/aromatic N) is 1. The number of carbonyl (C=O) groups is 2. The van der Waals surface area contributed by atoms with Crippen LogP contribution in [0.4, 0.5) is 0 Å². The lowest BCUT2D eigenvalue weighted by Crippen LogP contribution is -2.30. The molecule has 0 radical (unpaired) electrons. The van der Waals surface area contributed by atoms with Crippen LogP contribution in [0.25, 0.3) is 0 Å². The molecule has 1 heterocycles. The molecule has 1 aromatic carbocycles. The summed E-state index contributed by atoms with van der Waals surface area (Å²) in [4.78, 5) is 24.2. The largest absolute Gasteiger partial charge is 0.366 e. The van der Waals surface area contributed by atoms with Gasteiger partial charge in [-0.2, -0.15) is 0 Å². The number of rotatable bonds is 7. The number of nitrogens with two attached hydrogens (primary N) is 1. The van der Waals surface area contributed by atoms with E-state index in [0.717, 1.165) is 13.0 Å². The van der Waals surface area contributed by atoms with Crippen molar-refractivity contribution in [1.82, 2.24) is 9.62 Å². The lowest BCUT2D eigenvalue weighted by molar-refractivity contribution is -0.127. The molecule has 0 unspecified atom stereocenters. The number of hydrogen-bond donors (Lipinski definition) is 2. The van der Waals surface area contributed by atoms with Crippen molar-refractivity contribution >= 4 is 21.8 Å². The first-order chi connectivity index (χ1) is 10.4. The number of amides is 2. The number of carbonyl (C=O) groups excluding carboxylic acids is 2. The standard InChI is InChI=1S/C14H19N3O4S/c15-14(19)11-4-6-12(7-5-11)22(20,21)16-8-2-10-17-9-1-3-13(17)18/h4-7,16H,1-3,8-10H2,(H2,15,19). The van der Waals surface area contributed by atoms with Gasteiger partial charge in [0, 0.05) is 31.6 Å². The molecule has 1 aliphatic heterocycles. The second kappa shape index (κ2) is 6.89. The first-order valence-corrected chi connectivity index (χ1v) is 8.56. The second-order valence-corrected chi connectivity index (χ2v) is 6.89. The van der Waals surface area contributed by atoms with Crippen molar-refractivity contribution in [2.75, 3.05) is 19.6 Å². The maximum Gasteiger partial charge on any atom is 0.248 e. The number of nitrogens with one attached hydrogen (secondary N) is 1. The number of sulfonamides is 1. The van der Waals surface area contributed by atoms with Gasteiger partial charge in [0.15, 0.2) is 0 Å². The third kappa shape index (κ3) is 4.05. The van der Waals surface area contributed by atoms with Crippen LogP contribution in [-0.2, 0) is 14.8 Å². The van der Waals surface area contributed by atoms with Gasteiger partial charge in [-0.05, 0) is 37.1 Å². The number of primary amides is 1. The fraction of sp³-hybridized carbons (Fsp3) is 0.429. The zero-order valence-electron chi connectivity index (χ0n) is 12.1. The van der Waals surface area contributed by atoms with Gasteiger partial charge in [0.2, 0.25) is 21.8 Å². The Bertz CT molecular complexity index is 655. The van der Waals surface area contributed by atoms with E-state index in [-0.39, 0.29) is 22.9 Å². The van der Waals surface area contributed by atoms with Gasteiger partial charge in [-0.3, -0.25) is 9.59 Å². The highest BCUT2D eigenvalue weighted by Crippen LogP contribution is 2.11. The number of likely N-dealkylation sites (tertiary alicyclic amines) is 1. The predicted molar refractivity (Wildman–Crippen MR) is 80.6 cm³/mol. The van der Waals surface area contributed by atoms with Crippen LogP contribution >= 0.6 is 0 Å². The summed E-state index contributed by atoms with van der Waals surface area (Å²) in [5, 5.41) is 0. The minimum absolute atomic E-state index is 0.0785. The van der Waals surface area contributed by atoms with Gasteiger partial charge >= 0.3 is 0 Å². The summed E-state index contributed by atoms with van der Waals surface area (Å²) in [5.41, 5.74) is 5.36. The van der Waals surface area contributed by atoms with E-state index in [1.54, 1.807) is 4.90 Å². The average Bonchev–Trinajstić information content (AvgIpc) is 2.89. The Kier molecular flexibility index (Phi) is 5.15. The van der Waals surface area contributed by atoms with E-state index in [1.807, 2.05) is 0 Å². The summed E-state index contributed by atoms with van der Waals surface area (Å²) in [5.74, 6) is -0.475. The van der Waals surface area contributed by atoms with Gasteiger partial charge in [-0.25, -0.2) is 13.1 Å². The molecule has 1 saturated heterocycles. The molecule has 120 valence electrons. The van der Waals surface area contributed by atoms with E-state index in [1.165, 1.54) is 24.3 Å². The third-order valence-corrected chi connectivity index (χ3v) is 4.99. The molecule has 0 atom stereocenters. The molecule has 1 aromatic rings. The number of benzene rings is 1. The Balaban J connectivity index is 1.85. The van der Waals surface area contributed by atoms with Crippen LogP contribution in [0.15, 0.2) is 29.2 Å². The summed E-state index contributed by atoms with van der Waals surface area (Å²) >= 11 is 0. The summed E-state index contributed by atoms with van der Waals surface area (Å²) in [6, 6.07) is 5.43. The van der Waals surface area contributed by atoms with Crippen LogP contribution in [0.5, 0.6) is 0 Å². The van der Waals surface area contributed by atoms with Gasteiger partial charge in [0.25, 0.3) is 0 Å². The predicted octanol–water partition coefficient (Wildman–Crippen LogP) is 0.0763. The molecule has 0 spiro atoms. The Labute approximate surface area is 129 Å². The lowest BCUT2D eigenvalue weighted by Gasteiger charge is -2.15. The van der Waals surface area contributed by atoms with E-state index in [4.69, 9.17) is 5.73 Å². The van der Waals surface area contributed by atoms with Crippen LogP contribution in [0.3, 0.4) is 0 Å². The van der Waals surface area contributed by atoms with Crippen molar-refractivity contribution in [3.8, 4) is 0 Å². The molecule has 3 N–H and O–H groups in total. The monoisotopic (exact) mass is 325 g/mol. The summed E-state index contributed by atoms with van der Waals surface area (Å²) < 4.78 is 26.6. The Hall–Kier alpha value is -1.93.